The van der Waals surface area contributed by atoms with Crippen molar-refractivity contribution in [1.82, 2.24) is 9.88 Å². The monoisotopic (exact) mass is 357 g/mol. The molecular weight excluding hydrogens is 342 g/mol. The summed E-state index contributed by atoms with van der Waals surface area (Å²) in [5.74, 6) is -1.00. The number of nitrogens with one attached hydrogen (secondary N) is 1. The number of hydrogen-bond acceptors (Lipinski definition) is 4. The summed E-state index contributed by atoms with van der Waals surface area (Å²) in [7, 11) is 0. The van der Waals surface area contributed by atoms with E-state index in [1.54, 1.807) is 24.3 Å². The number of pyridine rings is 1. The molecule has 0 spiro atoms. The normalized spacial score (nSPS) is 13.1. The number of benzene rings is 1. The van der Waals surface area contributed by atoms with Crippen molar-refractivity contribution in [3.63, 3.8) is 0 Å². The van der Waals surface area contributed by atoms with Gasteiger partial charge in [-0.1, -0.05) is 17.7 Å². The summed E-state index contributed by atoms with van der Waals surface area (Å²) < 4.78 is 0. The van der Waals surface area contributed by atoms with Crippen LogP contribution < -0.4 is 5.32 Å². The zero-order chi connectivity index (χ0) is 18.0. The molecule has 128 valence electrons. The van der Waals surface area contributed by atoms with Gasteiger partial charge in [0, 0.05) is 19.2 Å². The summed E-state index contributed by atoms with van der Waals surface area (Å²) >= 11 is 6.08. The molecule has 2 heterocycles. The summed E-state index contributed by atoms with van der Waals surface area (Å²) in [6, 6.07) is 8.56. The lowest BCUT2D eigenvalue weighted by Gasteiger charge is -2.13. The molecule has 1 aliphatic rings. The molecule has 0 fully saturated rings. The van der Waals surface area contributed by atoms with E-state index in [4.69, 9.17) is 11.6 Å². The van der Waals surface area contributed by atoms with Gasteiger partial charge in [-0.05, 0) is 43.2 Å². The van der Waals surface area contributed by atoms with Crippen LogP contribution in [0.5, 0.6) is 0 Å². The van der Waals surface area contributed by atoms with Gasteiger partial charge in [0.05, 0.1) is 16.3 Å². The van der Waals surface area contributed by atoms with E-state index in [0.717, 1.165) is 10.5 Å². The highest BCUT2D eigenvalue weighted by atomic mass is 35.5. The summed E-state index contributed by atoms with van der Waals surface area (Å²) in [6.45, 7) is 2.08. The first-order valence-corrected chi connectivity index (χ1v) is 8.22. The molecule has 0 atom stereocenters. The second-order valence-electron chi connectivity index (χ2n) is 5.80. The molecule has 1 aromatic carbocycles. The van der Waals surface area contributed by atoms with Crippen molar-refractivity contribution in [2.75, 3.05) is 11.9 Å². The first-order valence-electron chi connectivity index (χ1n) is 7.84. The topological polar surface area (TPSA) is 79.4 Å². The Morgan fingerprint density at radius 3 is 2.76 bits per heavy atom. The molecule has 2 aromatic rings. The van der Waals surface area contributed by atoms with Crippen LogP contribution in [0.2, 0.25) is 5.02 Å². The third-order valence-electron chi connectivity index (χ3n) is 3.92. The second-order valence-corrected chi connectivity index (χ2v) is 6.20. The van der Waals surface area contributed by atoms with E-state index in [9.17, 15) is 14.4 Å². The van der Waals surface area contributed by atoms with E-state index in [1.807, 2.05) is 13.0 Å². The van der Waals surface area contributed by atoms with E-state index in [1.165, 1.54) is 6.20 Å². The number of aromatic nitrogens is 1. The minimum atomic E-state index is -0.414. The van der Waals surface area contributed by atoms with Gasteiger partial charge >= 0.3 is 0 Å². The molecule has 0 bridgehead atoms. The van der Waals surface area contributed by atoms with E-state index >= 15 is 0 Å². The smallest absolute Gasteiger partial charge is 0.280 e. The Morgan fingerprint density at radius 1 is 1.24 bits per heavy atom. The Labute approximate surface area is 149 Å². The molecule has 1 N–H and O–H groups in total. The first-order chi connectivity index (χ1) is 12.0. The summed E-state index contributed by atoms with van der Waals surface area (Å²) in [5.41, 5.74) is 2.02. The molecule has 0 aliphatic carbocycles. The minimum absolute atomic E-state index is 0.170. The van der Waals surface area contributed by atoms with Gasteiger partial charge in [-0.25, -0.2) is 0 Å². The highest BCUT2D eigenvalue weighted by Gasteiger charge is 2.36. The van der Waals surface area contributed by atoms with Crippen LogP contribution in [-0.2, 0) is 4.79 Å². The molecule has 0 unspecified atom stereocenters. The lowest BCUT2D eigenvalue weighted by Crippen LogP contribution is -2.31. The Balaban J connectivity index is 1.54. The zero-order valence-electron chi connectivity index (χ0n) is 13.6. The number of halogens is 1. The standard InChI is InChI=1S/C18H16ClN3O3/c1-11-6-7-14(13(19)10-11)21-15(23)5-3-9-22-17(24)12-4-2-8-20-16(12)18(22)25/h2,4,6-8,10H,3,5,9H2,1H3,(H,21,23). The Hall–Kier alpha value is -2.73. The molecular formula is C18H16ClN3O3. The molecule has 3 rings (SSSR count). The van der Waals surface area contributed by atoms with E-state index < -0.39 is 5.91 Å². The third-order valence-corrected chi connectivity index (χ3v) is 4.23. The molecule has 0 saturated heterocycles. The van der Waals surface area contributed by atoms with Crippen molar-refractivity contribution in [3.05, 3.63) is 58.4 Å². The van der Waals surface area contributed by atoms with Crippen molar-refractivity contribution in [3.8, 4) is 0 Å². The van der Waals surface area contributed by atoms with Gasteiger partial charge in [-0.3, -0.25) is 24.3 Å². The average Bonchev–Trinajstić information content (AvgIpc) is 2.83. The SMILES string of the molecule is Cc1ccc(NC(=O)CCCN2C(=O)c3cccnc3C2=O)c(Cl)c1. The molecule has 0 saturated carbocycles. The third kappa shape index (κ3) is 3.53. The van der Waals surface area contributed by atoms with Gasteiger partial charge in [0.15, 0.2) is 0 Å². The molecule has 25 heavy (non-hydrogen) atoms. The molecule has 1 aliphatic heterocycles. The van der Waals surface area contributed by atoms with E-state index in [-0.39, 0.29) is 30.5 Å². The predicted octanol–water partition coefficient (Wildman–Crippen LogP) is 3.06. The number of rotatable bonds is 5. The molecule has 3 amide bonds. The van der Waals surface area contributed by atoms with Crippen molar-refractivity contribution in [1.29, 1.82) is 0 Å². The van der Waals surface area contributed by atoms with Crippen LogP contribution in [0.1, 0.15) is 39.3 Å². The van der Waals surface area contributed by atoms with Crippen LogP contribution in [0.4, 0.5) is 5.69 Å². The van der Waals surface area contributed by atoms with Gasteiger partial charge in [-0.15, -0.1) is 0 Å². The minimum Gasteiger partial charge on any atom is -0.325 e. The van der Waals surface area contributed by atoms with E-state index in [2.05, 4.69) is 10.3 Å². The van der Waals surface area contributed by atoms with Crippen LogP contribution in [-0.4, -0.2) is 34.2 Å². The maximum Gasteiger partial charge on any atom is 0.280 e. The predicted molar refractivity (Wildman–Crippen MR) is 93.7 cm³/mol. The number of aryl methyl sites for hydroxylation is 1. The number of imide groups is 1. The lowest BCUT2D eigenvalue weighted by atomic mass is 10.2. The van der Waals surface area contributed by atoms with Crippen LogP contribution in [0.15, 0.2) is 36.5 Å². The maximum absolute atomic E-state index is 12.2. The number of hydrogen-bond donors (Lipinski definition) is 1. The van der Waals surface area contributed by atoms with Crippen molar-refractivity contribution < 1.29 is 14.4 Å². The molecule has 1 aromatic heterocycles. The molecule has 6 nitrogen and oxygen atoms in total. The van der Waals surface area contributed by atoms with Gasteiger partial charge in [-0.2, -0.15) is 0 Å². The average molecular weight is 358 g/mol. The van der Waals surface area contributed by atoms with Crippen LogP contribution in [0.25, 0.3) is 0 Å². The number of anilines is 1. The van der Waals surface area contributed by atoms with Gasteiger partial charge < -0.3 is 5.32 Å². The first kappa shape index (κ1) is 17.1. The highest BCUT2D eigenvalue weighted by Crippen LogP contribution is 2.23. The molecule has 0 radical (unpaired) electrons. The highest BCUT2D eigenvalue weighted by molar-refractivity contribution is 6.33. The summed E-state index contributed by atoms with van der Waals surface area (Å²) in [6.07, 6.45) is 2.01. The largest absolute Gasteiger partial charge is 0.325 e. The van der Waals surface area contributed by atoms with Crippen LogP contribution in [0.3, 0.4) is 0 Å². The Bertz CT molecular complexity index is 831. The van der Waals surface area contributed by atoms with Crippen molar-refractivity contribution in [2.24, 2.45) is 0 Å². The fourth-order valence-corrected chi connectivity index (χ4v) is 2.93. The summed E-state index contributed by atoms with van der Waals surface area (Å²) in [5, 5.41) is 3.20. The van der Waals surface area contributed by atoms with Gasteiger partial charge in [0.2, 0.25) is 5.91 Å². The summed E-state index contributed by atoms with van der Waals surface area (Å²) in [4.78, 5) is 41.5. The number of carbonyl (C=O) groups is 3. The van der Waals surface area contributed by atoms with Crippen molar-refractivity contribution >= 4 is 35.0 Å². The number of nitrogens with zero attached hydrogens (tertiary/aromatic N) is 2. The Morgan fingerprint density at radius 2 is 2.04 bits per heavy atom. The fraction of sp³-hybridized carbons (Fsp3) is 0.222. The second kappa shape index (κ2) is 7.03. The van der Waals surface area contributed by atoms with E-state index in [0.29, 0.717) is 22.7 Å². The number of amides is 3. The zero-order valence-corrected chi connectivity index (χ0v) is 14.3. The van der Waals surface area contributed by atoms with Crippen LogP contribution >= 0.6 is 11.6 Å². The lowest BCUT2D eigenvalue weighted by molar-refractivity contribution is -0.116. The van der Waals surface area contributed by atoms with Gasteiger partial charge in [0.25, 0.3) is 11.8 Å². The quantitative estimate of drug-likeness (QED) is 0.834. The number of fused-ring (bicyclic) bond motifs is 1. The fourth-order valence-electron chi connectivity index (χ4n) is 2.65. The van der Waals surface area contributed by atoms with Crippen LogP contribution in [0, 0.1) is 6.92 Å². The molecule has 7 heteroatoms. The maximum atomic E-state index is 12.2. The Kier molecular flexibility index (Phi) is 4.81. The number of carbonyl (C=O) groups excluding carboxylic acids is 3. The van der Waals surface area contributed by atoms with Gasteiger partial charge in [0.1, 0.15) is 5.69 Å². The van der Waals surface area contributed by atoms with Crippen molar-refractivity contribution in [2.45, 2.75) is 19.8 Å².